The van der Waals surface area contributed by atoms with E-state index in [0.717, 1.165) is 37.5 Å². The number of carbonyl (C=O) groups is 1. The molecular weight excluding hydrogens is 438 g/mol. The largest absolute Gasteiger partial charge is 0.337 e. The summed E-state index contributed by atoms with van der Waals surface area (Å²) in [5.41, 5.74) is 2.11. The Labute approximate surface area is 199 Å². The molecule has 2 aromatic rings. The Hall–Kier alpha value is -2.89. The lowest BCUT2D eigenvalue weighted by molar-refractivity contribution is -0.0810. The van der Waals surface area contributed by atoms with Crippen LogP contribution in [0.2, 0.25) is 5.02 Å². The van der Waals surface area contributed by atoms with Crippen molar-refractivity contribution in [1.29, 1.82) is 5.26 Å². The van der Waals surface area contributed by atoms with Gasteiger partial charge in [0, 0.05) is 56.4 Å². The SMILES string of the molecule is C[C@@H]1CN(c2ncc(C#N)cn2)CCN1C(=O)NC1CC2(C1)CN(Cc1ccc(Cl)cc1)C2. The van der Waals surface area contributed by atoms with Crippen LogP contribution in [0.4, 0.5) is 10.7 Å². The lowest BCUT2D eigenvalue weighted by Crippen LogP contribution is -2.67. The molecule has 8 nitrogen and oxygen atoms in total. The number of carbonyl (C=O) groups excluding carboxylic acids is 1. The molecule has 1 aromatic carbocycles. The monoisotopic (exact) mass is 465 g/mol. The van der Waals surface area contributed by atoms with E-state index >= 15 is 0 Å². The van der Waals surface area contributed by atoms with Crippen molar-refractivity contribution in [1.82, 2.24) is 25.1 Å². The highest BCUT2D eigenvalue weighted by Gasteiger charge is 2.52. The first-order chi connectivity index (χ1) is 15.9. The van der Waals surface area contributed by atoms with Crippen molar-refractivity contribution in [2.45, 2.75) is 38.4 Å². The molecular formula is C24H28ClN7O. The van der Waals surface area contributed by atoms with Crippen LogP contribution in [0.5, 0.6) is 0 Å². The number of hydrogen-bond acceptors (Lipinski definition) is 6. The zero-order valence-corrected chi connectivity index (χ0v) is 19.5. The lowest BCUT2D eigenvalue weighted by Gasteiger charge is -2.59. The van der Waals surface area contributed by atoms with Crippen LogP contribution >= 0.6 is 11.6 Å². The van der Waals surface area contributed by atoms with E-state index in [1.165, 1.54) is 18.0 Å². The van der Waals surface area contributed by atoms with Gasteiger partial charge in [0.2, 0.25) is 5.95 Å². The Morgan fingerprint density at radius 2 is 1.91 bits per heavy atom. The second-order valence-corrected chi connectivity index (χ2v) is 10.1. The van der Waals surface area contributed by atoms with E-state index in [-0.39, 0.29) is 18.1 Å². The van der Waals surface area contributed by atoms with E-state index in [4.69, 9.17) is 16.9 Å². The lowest BCUT2D eigenvalue weighted by atomic mass is 9.60. The number of amides is 2. The third-order valence-corrected chi connectivity index (χ3v) is 7.31. The van der Waals surface area contributed by atoms with Gasteiger partial charge in [-0.25, -0.2) is 14.8 Å². The number of hydrogen-bond donors (Lipinski definition) is 1. The van der Waals surface area contributed by atoms with Gasteiger partial charge in [-0.3, -0.25) is 4.90 Å². The van der Waals surface area contributed by atoms with Crippen LogP contribution < -0.4 is 10.2 Å². The van der Waals surface area contributed by atoms with Crippen molar-refractivity contribution in [3.05, 3.63) is 52.8 Å². The Balaban J connectivity index is 1.05. The molecule has 0 bridgehead atoms. The number of halogens is 1. The van der Waals surface area contributed by atoms with Crippen molar-refractivity contribution in [2.24, 2.45) is 5.41 Å². The number of likely N-dealkylation sites (tertiary alicyclic amines) is 1. The first-order valence-corrected chi connectivity index (χ1v) is 11.8. The summed E-state index contributed by atoms with van der Waals surface area (Å²) in [6.07, 6.45) is 5.19. The summed E-state index contributed by atoms with van der Waals surface area (Å²) in [6.45, 7) is 7.19. The molecule has 172 valence electrons. The van der Waals surface area contributed by atoms with Gasteiger partial charge in [-0.1, -0.05) is 23.7 Å². The highest BCUT2D eigenvalue weighted by atomic mass is 35.5. The quantitative estimate of drug-likeness (QED) is 0.746. The van der Waals surface area contributed by atoms with Crippen LogP contribution in [0, 0.1) is 16.7 Å². The second-order valence-electron chi connectivity index (χ2n) is 9.70. The smallest absolute Gasteiger partial charge is 0.317 e. The van der Waals surface area contributed by atoms with E-state index < -0.39 is 0 Å². The maximum absolute atomic E-state index is 12.9. The zero-order valence-electron chi connectivity index (χ0n) is 18.7. The van der Waals surface area contributed by atoms with E-state index in [2.05, 4.69) is 44.1 Å². The maximum Gasteiger partial charge on any atom is 0.317 e. The number of nitrogens with one attached hydrogen (secondary N) is 1. The van der Waals surface area contributed by atoms with Gasteiger partial charge in [-0.15, -0.1) is 0 Å². The Bertz CT molecular complexity index is 1040. The van der Waals surface area contributed by atoms with E-state index in [1.807, 2.05) is 23.1 Å². The fourth-order valence-electron chi connectivity index (χ4n) is 5.45. The molecule has 9 heteroatoms. The summed E-state index contributed by atoms with van der Waals surface area (Å²) in [7, 11) is 0. The first-order valence-electron chi connectivity index (χ1n) is 11.4. The molecule has 33 heavy (non-hydrogen) atoms. The summed E-state index contributed by atoms with van der Waals surface area (Å²) in [5.74, 6) is 0.606. The fourth-order valence-corrected chi connectivity index (χ4v) is 5.57. The zero-order chi connectivity index (χ0) is 23.0. The van der Waals surface area contributed by atoms with Crippen LogP contribution in [0.1, 0.15) is 30.9 Å². The van der Waals surface area contributed by atoms with Crippen molar-refractivity contribution in [2.75, 3.05) is 37.6 Å². The molecule has 1 atom stereocenters. The highest BCUT2D eigenvalue weighted by Crippen LogP contribution is 2.48. The summed E-state index contributed by atoms with van der Waals surface area (Å²) in [5, 5.41) is 12.9. The van der Waals surface area contributed by atoms with Crippen molar-refractivity contribution in [3.8, 4) is 6.07 Å². The standard InChI is InChI=1S/C24H28ClN7O/c1-17-13-31(22-27-11-19(10-26)12-28-22)6-7-32(17)23(33)29-21-8-24(9-21)15-30(16-24)14-18-2-4-20(25)5-3-18/h2-5,11-12,17,21H,6-9,13-16H2,1H3,(H,29,33)/t17-/m1/s1. The van der Waals surface area contributed by atoms with Gasteiger partial charge in [0.25, 0.3) is 0 Å². The van der Waals surface area contributed by atoms with E-state index in [1.54, 1.807) is 0 Å². The van der Waals surface area contributed by atoms with Crippen molar-refractivity contribution < 1.29 is 4.79 Å². The number of aromatic nitrogens is 2. The maximum atomic E-state index is 12.9. The van der Waals surface area contributed by atoms with Crippen LogP contribution in [-0.4, -0.2) is 70.6 Å². The average Bonchev–Trinajstić information content (AvgIpc) is 2.77. The number of rotatable bonds is 4. The number of piperazine rings is 1. The van der Waals surface area contributed by atoms with Gasteiger partial charge in [-0.05, 0) is 42.9 Å². The number of nitrogens with zero attached hydrogens (tertiary/aromatic N) is 6. The Morgan fingerprint density at radius 1 is 1.21 bits per heavy atom. The molecule has 1 aromatic heterocycles. The predicted molar refractivity (Wildman–Crippen MR) is 126 cm³/mol. The summed E-state index contributed by atoms with van der Waals surface area (Å²) < 4.78 is 0. The van der Waals surface area contributed by atoms with Gasteiger partial charge in [0.15, 0.2) is 0 Å². The molecule has 0 unspecified atom stereocenters. The van der Waals surface area contributed by atoms with E-state index in [9.17, 15) is 4.79 Å². The number of anilines is 1. The third kappa shape index (κ3) is 4.61. The summed E-state index contributed by atoms with van der Waals surface area (Å²) in [4.78, 5) is 27.9. The van der Waals surface area contributed by atoms with Gasteiger partial charge in [0.1, 0.15) is 6.07 Å². The molecule has 0 radical (unpaired) electrons. The van der Waals surface area contributed by atoms with Crippen molar-refractivity contribution in [3.63, 3.8) is 0 Å². The van der Waals surface area contributed by atoms with Gasteiger partial charge in [0.05, 0.1) is 18.0 Å². The molecule has 2 saturated heterocycles. The number of benzene rings is 1. The van der Waals surface area contributed by atoms with Gasteiger partial charge < -0.3 is 15.1 Å². The van der Waals surface area contributed by atoms with Crippen molar-refractivity contribution >= 4 is 23.6 Å². The molecule has 1 saturated carbocycles. The summed E-state index contributed by atoms with van der Waals surface area (Å²) in [6, 6.07) is 10.5. The van der Waals surface area contributed by atoms with Gasteiger partial charge in [-0.2, -0.15) is 5.26 Å². The van der Waals surface area contributed by atoms with Crippen LogP contribution in [0.25, 0.3) is 0 Å². The molecule has 2 amide bonds. The summed E-state index contributed by atoms with van der Waals surface area (Å²) >= 11 is 5.97. The van der Waals surface area contributed by atoms with Crippen LogP contribution in [0.3, 0.4) is 0 Å². The Kier molecular flexibility index (Phi) is 5.85. The molecule has 3 heterocycles. The second kappa shape index (κ2) is 8.81. The molecule has 1 aliphatic carbocycles. The van der Waals surface area contributed by atoms with Gasteiger partial charge >= 0.3 is 6.03 Å². The fraction of sp³-hybridized carbons (Fsp3) is 0.500. The third-order valence-electron chi connectivity index (χ3n) is 7.06. The molecule has 5 rings (SSSR count). The molecule has 1 spiro atoms. The minimum absolute atomic E-state index is 0.0279. The molecule has 3 aliphatic rings. The molecule has 3 fully saturated rings. The minimum atomic E-state index is 0.0279. The average molecular weight is 466 g/mol. The van der Waals surface area contributed by atoms with Crippen LogP contribution in [0.15, 0.2) is 36.7 Å². The molecule has 1 N–H and O–H groups in total. The Morgan fingerprint density at radius 3 is 2.55 bits per heavy atom. The topological polar surface area (TPSA) is 88.4 Å². The first kappa shape index (κ1) is 21.9. The minimum Gasteiger partial charge on any atom is -0.337 e. The highest BCUT2D eigenvalue weighted by molar-refractivity contribution is 6.30. The van der Waals surface area contributed by atoms with E-state index in [0.29, 0.717) is 36.6 Å². The number of urea groups is 1. The predicted octanol–water partition coefficient (Wildman–Crippen LogP) is 2.89. The molecule has 2 aliphatic heterocycles. The van der Waals surface area contributed by atoms with Crippen LogP contribution in [-0.2, 0) is 6.54 Å². The normalized spacial score (nSPS) is 22.4. The number of nitriles is 1.